The minimum absolute atomic E-state index is 0.190. The molecule has 0 saturated heterocycles. The van der Waals surface area contributed by atoms with Gasteiger partial charge in [0.25, 0.3) is 10.0 Å². The highest BCUT2D eigenvalue weighted by Gasteiger charge is 2.18. The molecule has 2 aromatic rings. The molecular formula is C14H16N4O2S. The van der Waals surface area contributed by atoms with Crippen molar-refractivity contribution in [2.24, 2.45) is 12.8 Å². The van der Waals surface area contributed by atoms with E-state index >= 15 is 0 Å². The Hall–Kier alpha value is -2.30. The molecule has 0 saturated carbocycles. The summed E-state index contributed by atoms with van der Waals surface area (Å²) < 4.78 is 28.9. The number of anilines is 1. The van der Waals surface area contributed by atoms with E-state index in [1.807, 2.05) is 0 Å². The van der Waals surface area contributed by atoms with Gasteiger partial charge in [-0.3, -0.25) is 9.40 Å². The van der Waals surface area contributed by atoms with Gasteiger partial charge in [-0.25, -0.2) is 8.42 Å². The lowest BCUT2D eigenvalue weighted by Crippen LogP contribution is -2.14. The Morgan fingerprint density at radius 2 is 2.19 bits per heavy atom. The van der Waals surface area contributed by atoms with E-state index in [1.165, 1.54) is 16.9 Å². The molecule has 0 fully saturated rings. The molecule has 0 aliphatic heterocycles. The second-order valence-corrected chi connectivity index (χ2v) is 6.15. The van der Waals surface area contributed by atoms with E-state index in [0.717, 1.165) is 0 Å². The van der Waals surface area contributed by atoms with E-state index in [0.29, 0.717) is 16.8 Å². The largest absolute Gasteiger partial charge is 0.320 e. The summed E-state index contributed by atoms with van der Waals surface area (Å²) in [6.45, 7) is 1.96. The van der Waals surface area contributed by atoms with Crippen molar-refractivity contribution in [3.05, 3.63) is 41.7 Å². The van der Waals surface area contributed by atoms with Crippen LogP contribution in [0.4, 0.5) is 5.69 Å². The number of aromatic nitrogens is 2. The number of aryl methyl sites for hydroxylation is 2. The van der Waals surface area contributed by atoms with Gasteiger partial charge in [0.1, 0.15) is 0 Å². The topological polar surface area (TPSA) is 90.0 Å². The first-order valence-corrected chi connectivity index (χ1v) is 7.72. The summed E-state index contributed by atoms with van der Waals surface area (Å²) in [5.74, 6) is 5.53. The molecule has 0 aliphatic carbocycles. The van der Waals surface area contributed by atoms with Gasteiger partial charge >= 0.3 is 0 Å². The fourth-order valence-corrected chi connectivity index (χ4v) is 3.10. The van der Waals surface area contributed by atoms with Gasteiger partial charge in [-0.15, -0.1) is 0 Å². The van der Waals surface area contributed by atoms with Crippen molar-refractivity contribution in [1.29, 1.82) is 0 Å². The lowest BCUT2D eigenvalue weighted by atomic mass is 10.1. The van der Waals surface area contributed by atoms with Gasteiger partial charge in [0.2, 0.25) is 0 Å². The van der Waals surface area contributed by atoms with Crippen molar-refractivity contribution < 1.29 is 8.42 Å². The van der Waals surface area contributed by atoms with E-state index < -0.39 is 10.0 Å². The smallest absolute Gasteiger partial charge is 0.262 e. The second kappa shape index (κ2) is 5.99. The van der Waals surface area contributed by atoms with Crippen LogP contribution in [0.5, 0.6) is 0 Å². The monoisotopic (exact) mass is 304 g/mol. The third kappa shape index (κ3) is 3.62. The van der Waals surface area contributed by atoms with E-state index in [4.69, 9.17) is 5.73 Å². The second-order valence-electron chi connectivity index (χ2n) is 4.49. The van der Waals surface area contributed by atoms with E-state index in [9.17, 15) is 8.42 Å². The molecule has 2 rings (SSSR count). The zero-order chi connectivity index (χ0) is 15.5. The Labute approximate surface area is 124 Å². The van der Waals surface area contributed by atoms with Gasteiger partial charge in [-0.05, 0) is 24.6 Å². The first-order valence-electron chi connectivity index (χ1n) is 6.23. The summed E-state index contributed by atoms with van der Waals surface area (Å²) in [4.78, 5) is 0.190. The highest BCUT2D eigenvalue weighted by Crippen LogP contribution is 2.20. The normalized spacial score (nSPS) is 10.8. The molecule has 1 aromatic carbocycles. The van der Waals surface area contributed by atoms with Crippen LogP contribution in [0.2, 0.25) is 0 Å². The molecule has 0 atom stereocenters. The number of nitrogens with one attached hydrogen (secondary N) is 1. The van der Waals surface area contributed by atoms with Gasteiger partial charge in [-0.1, -0.05) is 17.9 Å². The molecule has 0 radical (unpaired) electrons. The summed E-state index contributed by atoms with van der Waals surface area (Å²) in [5, 5.41) is 3.93. The molecular weight excluding hydrogens is 288 g/mol. The van der Waals surface area contributed by atoms with Crippen molar-refractivity contribution in [2.75, 3.05) is 11.3 Å². The van der Waals surface area contributed by atoms with Crippen LogP contribution in [-0.2, 0) is 17.1 Å². The van der Waals surface area contributed by atoms with E-state index in [2.05, 4.69) is 21.7 Å². The third-order valence-electron chi connectivity index (χ3n) is 2.77. The van der Waals surface area contributed by atoms with Crippen molar-refractivity contribution in [2.45, 2.75) is 11.8 Å². The summed E-state index contributed by atoms with van der Waals surface area (Å²) in [5.41, 5.74) is 6.99. The fourth-order valence-electron chi connectivity index (χ4n) is 1.80. The van der Waals surface area contributed by atoms with Crippen LogP contribution in [0.15, 0.2) is 35.5 Å². The van der Waals surface area contributed by atoms with Crippen molar-refractivity contribution >= 4 is 15.7 Å². The Kier molecular flexibility index (Phi) is 4.31. The average molecular weight is 304 g/mol. The molecule has 0 aliphatic rings. The van der Waals surface area contributed by atoms with Crippen LogP contribution >= 0.6 is 0 Å². The number of hydrogen-bond acceptors (Lipinski definition) is 4. The van der Waals surface area contributed by atoms with Gasteiger partial charge in [0, 0.05) is 18.8 Å². The maximum Gasteiger partial charge on any atom is 0.262 e. The SMILES string of the molecule is Cc1ccc(C#CCN)cc1S(=O)(=O)Nc1cnn(C)c1. The highest BCUT2D eigenvalue weighted by atomic mass is 32.2. The fraction of sp³-hybridized carbons (Fsp3) is 0.214. The van der Waals surface area contributed by atoms with Crippen LogP contribution in [0, 0.1) is 18.8 Å². The van der Waals surface area contributed by atoms with E-state index in [-0.39, 0.29) is 11.4 Å². The molecule has 0 unspecified atom stereocenters. The zero-order valence-corrected chi connectivity index (χ0v) is 12.6. The van der Waals surface area contributed by atoms with Crippen LogP contribution in [0.25, 0.3) is 0 Å². The summed E-state index contributed by atoms with van der Waals surface area (Å²) in [6.07, 6.45) is 3.04. The number of hydrogen-bond donors (Lipinski definition) is 2. The predicted octanol–water partition coefficient (Wildman–Crippen LogP) is 0.840. The minimum atomic E-state index is -3.68. The van der Waals surface area contributed by atoms with Crippen LogP contribution in [0.1, 0.15) is 11.1 Å². The average Bonchev–Trinajstić information content (AvgIpc) is 2.82. The molecule has 3 N–H and O–H groups in total. The van der Waals surface area contributed by atoms with Gasteiger partial charge in [-0.2, -0.15) is 5.10 Å². The Morgan fingerprint density at radius 3 is 2.81 bits per heavy atom. The number of sulfonamides is 1. The summed E-state index contributed by atoms with van der Waals surface area (Å²) in [6, 6.07) is 5.02. The maximum absolute atomic E-state index is 12.4. The number of rotatable bonds is 3. The lowest BCUT2D eigenvalue weighted by molar-refractivity contribution is 0.600. The Morgan fingerprint density at radius 1 is 1.43 bits per heavy atom. The van der Waals surface area contributed by atoms with Gasteiger partial charge in [0.05, 0.1) is 23.3 Å². The Bertz CT molecular complexity index is 813. The summed E-state index contributed by atoms with van der Waals surface area (Å²) >= 11 is 0. The molecule has 7 heteroatoms. The molecule has 1 heterocycles. The zero-order valence-electron chi connectivity index (χ0n) is 11.8. The first kappa shape index (κ1) is 15.1. The molecule has 0 amide bonds. The lowest BCUT2D eigenvalue weighted by Gasteiger charge is -2.09. The molecule has 1 aromatic heterocycles. The van der Waals surface area contributed by atoms with E-state index in [1.54, 1.807) is 32.3 Å². The van der Waals surface area contributed by atoms with Crippen LogP contribution < -0.4 is 10.5 Å². The standard InChI is InChI=1S/C14H16N4O2S/c1-11-5-6-12(4-3-7-15)8-14(11)21(19,20)17-13-9-16-18(2)10-13/h5-6,8-10,17H,7,15H2,1-2H3. The molecule has 110 valence electrons. The summed E-state index contributed by atoms with van der Waals surface area (Å²) in [7, 11) is -1.97. The third-order valence-corrected chi connectivity index (χ3v) is 4.29. The number of benzene rings is 1. The number of nitrogens with two attached hydrogens (primary N) is 1. The predicted molar refractivity (Wildman–Crippen MR) is 81.1 cm³/mol. The van der Waals surface area contributed by atoms with Crippen LogP contribution in [0.3, 0.4) is 0 Å². The molecule has 21 heavy (non-hydrogen) atoms. The highest BCUT2D eigenvalue weighted by molar-refractivity contribution is 7.92. The first-order chi connectivity index (χ1) is 9.92. The number of nitrogens with zero attached hydrogens (tertiary/aromatic N) is 2. The quantitative estimate of drug-likeness (QED) is 0.822. The van der Waals surface area contributed by atoms with Crippen molar-refractivity contribution in [3.63, 3.8) is 0 Å². The minimum Gasteiger partial charge on any atom is -0.320 e. The van der Waals surface area contributed by atoms with Crippen molar-refractivity contribution in [3.8, 4) is 11.8 Å². The molecule has 0 spiro atoms. The maximum atomic E-state index is 12.4. The Balaban J connectivity index is 2.39. The van der Waals surface area contributed by atoms with Gasteiger partial charge < -0.3 is 5.73 Å². The van der Waals surface area contributed by atoms with Crippen molar-refractivity contribution in [1.82, 2.24) is 9.78 Å². The van der Waals surface area contributed by atoms with Gasteiger partial charge in [0.15, 0.2) is 0 Å². The van der Waals surface area contributed by atoms with Crippen LogP contribution in [-0.4, -0.2) is 24.7 Å². The molecule has 0 bridgehead atoms. The molecule has 6 nitrogen and oxygen atoms in total.